The number of aliphatic hydroxyl groups is 1. The van der Waals surface area contributed by atoms with Crippen LogP contribution in [0.2, 0.25) is 0 Å². The smallest absolute Gasteiger partial charge is 0.295 e. The summed E-state index contributed by atoms with van der Waals surface area (Å²) in [4.78, 5) is 28.1. The van der Waals surface area contributed by atoms with E-state index in [-0.39, 0.29) is 11.3 Å². The summed E-state index contributed by atoms with van der Waals surface area (Å²) in [7, 11) is 3.09. The Morgan fingerprint density at radius 2 is 1.96 bits per heavy atom. The molecule has 0 bridgehead atoms. The number of carbonyl (C=O) groups is 2. The van der Waals surface area contributed by atoms with Gasteiger partial charge < -0.3 is 19.5 Å². The standard InChI is InChI=1S/C21H23NO5S/c1-13-9-12-28-20(13)17-16(18(23)14-7-4-5-8-15(14)27-3)19(24)21(25)22(17)10-6-11-26-2/h4-5,7-9,12,17,23H,6,10-11H2,1-3H3/b18-16+. The van der Waals surface area contributed by atoms with E-state index >= 15 is 0 Å². The Morgan fingerprint density at radius 3 is 2.61 bits per heavy atom. The first-order valence-electron chi connectivity index (χ1n) is 8.96. The fourth-order valence-corrected chi connectivity index (χ4v) is 4.46. The van der Waals surface area contributed by atoms with Crippen molar-refractivity contribution in [2.75, 3.05) is 27.4 Å². The monoisotopic (exact) mass is 401 g/mol. The van der Waals surface area contributed by atoms with E-state index in [1.807, 2.05) is 18.4 Å². The average Bonchev–Trinajstić information content (AvgIpc) is 3.23. The maximum Gasteiger partial charge on any atom is 0.295 e. The Bertz CT molecular complexity index is 917. The first-order chi connectivity index (χ1) is 13.5. The number of thiophene rings is 1. The van der Waals surface area contributed by atoms with E-state index in [0.717, 1.165) is 10.4 Å². The highest BCUT2D eigenvalue weighted by Crippen LogP contribution is 2.43. The highest BCUT2D eigenvalue weighted by Gasteiger charge is 2.47. The Morgan fingerprint density at radius 1 is 1.21 bits per heavy atom. The maximum absolute atomic E-state index is 12.9. The first-order valence-corrected chi connectivity index (χ1v) is 9.84. The molecule has 148 valence electrons. The van der Waals surface area contributed by atoms with Crippen molar-refractivity contribution in [3.05, 3.63) is 57.3 Å². The van der Waals surface area contributed by atoms with Crippen LogP contribution in [0.5, 0.6) is 5.75 Å². The average molecular weight is 401 g/mol. The van der Waals surface area contributed by atoms with E-state index in [1.54, 1.807) is 31.4 Å². The number of methoxy groups -OCH3 is 2. The molecule has 1 unspecified atom stereocenters. The highest BCUT2D eigenvalue weighted by molar-refractivity contribution is 7.10. The number of rotatable bonds is 7. The van der Waals surface area contributed by atoms with Crippen LogP contribution in [0.25, 0.3) is 5.76 Å². The van der Waals surface area contributed by atoms with Crippen molar-refractivity contribution >= 4 is 28.8 Å². The Hall–Kier alpha value is -2.64. The van der Waals surface area contributed by atoms with Crippen molar-refractivity contribution in [3.63, 3.8) is 0 Å². The molecule has 1 atom stereocenters. The molecule has 6 nitrogen and oxygen atoms in total. The molecular formula is C21H23NO5S. The van der Waals surface area contributed by atoms with Crippen molar-refractivity contribution in [2.24, 2.45) is 0 Å². The zero-order valence-electron chi connectivity index (χ0n) is 16.1. The number of carbonyl (C=O) groups excluding carboxylic acids is 2. The van der Waals surface area contributed by atoms with Crippen molar-refractivity contribution in [3.8, 4) is 5.75 Å². The second-order valence-electron chi connectivity index (χ2n) is 6.51. The molecule has 1 saturated heterocycles. The number of ether oxygens (including phenoxy) is 2. The first kappa shape index (κ1) is 20.1. The number of aryl methyl sites for hydroxylation is 1. The summed E-state index contributed by atoms with van der Waals surface area (Å²) in [5, 5.41) is 13.0. The maximum atomic E-state index is 12.9. The zero-order chi connectivity index (χ0) is 20.3. The van der Waals surface area contributed by atoms with Gasteiger partial charge in [-0.2, -0.15) is 0 Å². The molecule has 1 fully saturated rings. The topological polar surface area (TPSA) is 76.1 Å². The number of Topliss-reactive ketones (excluding diaryl/α,β-unsaturated/α-hetero) is 1. The van der Waals surface area contributed by atoms with Crippen molar-refractivity contribution < 1.29 is 24.2 Å². The van der Waals surface area contributed by atoms with Crippen molar-refractivity contribution in [2.45, 2.75) is 19.4 Å². The number of nitrogens with zero attached hydrogens (tertiary/aromatic N) is 1. The minimum atomic E-state index is -0.682. The molecule has 2 heterocycles. The number of benzene rings is 1. The summed E-state index contributed by atoms with van der Waals surface area (Å²) in [5.74, 6) is -1.07. The van der Waals surface area contributed by atoms with Gasteiger partial charge in [-0.1, -0.05) is 12.1 Å². The van der Waals surface area contributed by atoms with E-state index in [2.05, 4.69) is 0 Å². The molecule has 1 amide bonds. The number of hydrogen-bond acceptors (Lipinski definition) is 6. The third-order valence-corrected chi connectivity index (χ3v) is 5.87. The largest absolute Gasteiger partial charge is 0.507 e. The van der Waals surface area contributed by atoms with Gasteiger partial charge in [-0.15, -0.1) is 11.3 Å². The van der Waals surface area contributed by atoms with Gasteiger partial charge in [-0.05, 0) is 42.5 Å². The number of hydrogen-bond donors (Lipinski definition) is 1. The van der Waals surface area contributed by atoms with Gasteiger partial charge in [0.25, 0.3) is 11.7 Å². The summed E-state index contributed by atoms with van der Waals surface area (Å²) >= 11 is 1.47. The number of ketones is 1. The van der Waals surface area contributed by atoms with Gasteiger partial charge in [0.2, 0.25) is 0 Å². The lowest BCUT2D eigenvalue weighted by atomic mass is 9.98. The van der Waals surface area contributed by atoms with Crippen molar-refractivity contribution in [1.29, 1.82) is 0 Å². The molecule has 1 aromatic heterocycles. The Balaban J connectivity index is 2.15. The normalized spacial score (nSPS) is 18.7. The van der Waals surface area contributed by atoms with Crippen LogP contribution in [-0.4, -0.2) is 49.1 Å². The minimum Gasteiger partial charge on any atom is -0.507 e. The van der Waals surface area contributed by atoms with E-state index in [0.29, 0.717) is 30.9 Å². The molecule has 1 aliphatic rings. The number of likely N-dealkylation sites (tertiary alicyclic amines) is 1. The van der Waals surface area contributed by atoms with E-state index in [9.17, 15) is 14.7 Å². The number of para-hydroxylation sites is 1. The van der Waals surface area contributed by atoms with Crippen LogP contribution in [0.15, 0.2) is 41.3 Å². The Labute approximate surface area is 168 Å². The van der Waals surface area contributed by atoms with Gasteiger partial charge in [-0.3, -0.25) is 9.59 Å². The van der Waals surface area contributed by atoms with Gasteiger partial charge in [0.15, 0.2) is 0 Å². The van der Waals surface area contributed by atoms with Gasteiger partial charge in [-0.25, -0.2) is 0 Å². The van der Waals surface area contributed by atoms with E-state index in [4.69, 9.17) is 9.47 Å². The third kappa shape index (κ3) is 3.55. The van der Waals surface area contributed by atoms with Crippen LogP contribution >= 0.6 is 11.3 Å². The van der Waals surface area contributed by atoms with Gasteiger partial charge >= 0.3 is 0 Å². The fourth-order valence-electron chi connectivity index (χ4n) is 3.41. The van der Waals surface area contributed by atoms with Crippen LogP contribution in [0, 0.1) is 6.92 Å². The predicted octanol–water partition coefficient (Wildman–Crippen LogP) is 3.52. The summed E-state index contributed by atoms with van der Waals surface area (Å²) < 4.78 is 10.4. The Kier molecular flexibility index (Phi) is 6.16. The SMILES string of the molecule is COCCCN1C(=O)C(=O)/C(=C(/O)c2ccccc2OC)C1c1sccc1C. The molecule has 0 aliphatic carbocycles. The summed E-state index contributed by atoms with van der Waals surface area (Å²) in [6, 6.07) is 8.22. The second-order valence-corrected chi connectivity index (χ2v) is 7.45. The van der Waals surface area contributed by atoms with Crippen LogP contribution in [0.3, 0.4) is 0 Å². The quantitative estimate of drug-likeness (QED) is 0.332. The molecule has 7 heteroatoms. The van der Waals surface area contributed by atoms with Crippen LogP contribution in [-0.2, 0) is 14.3 Å². The number of amides is 1. The predicted molar refractivity (Wildman–Crippen MR) is 108 cm³/mol. The molecule has 2 aromatic rings. The lowest BCUT2D eigenvalue weighted by Gasteiger charge is -2.25. The molecule has 1 N–H and O–H groups in total. The minimum absolute atomic E-state index is 0.0949. The molecule has 1 aromatic carbocycles. The lowest BCUT2D eigenvalue weighted by Crippen LogP contribution is -2.31. The van der Waals surface area contributed by atoms with Crippen LogP contribution < -0.4 is 4.74 Å². The van der Waals surface area contributed by atoms with Crippen LogP contribution in [0.1, 0.15) is 28.5 Å². The molecule has 1 aliphatic heterocycles. The molecule has 28 heavy (non-hydrogen) atoms. The summed E-state index contributed by atoms with van der Waals surface area (Å²) in [6.07, 6.45) is 0.596. The van der Waals surface area contributed by atoms with Crippen LogP contribution in [0.4, 0.5) is 0 Å². The second kappa shape index (κ2) is 8.58. The molecular weight excluding hydrogens is 378 g/mol. The van der Waals surface area contributed by atoms with Crippen molar-refractivity contribution in [1.82, 2.24) is 4.90 Å². The van der Waals surface area contributed by atoms with Gasteiger partial charge in [0.05, 0.1) is 24.3 Å². The van der Waals surface area contributed by atoms with Gasteiger partial charge in [0.1, 0.15) is 11.5 Å². The number of aliphatic hydroxyl groups excluding tert-OH is 1. The molecule has 3 rings (SSSR count). The van der Waals surface area contributed by atoms with E-state index < -0.39 is 17.7 Å². The highest BCUT2D eigenvalue weighted by atomic mass is 32.1. The molecule has 0 saturated carbocycles. The van der Waals surface area contributed by atoms with Gasteiger partial charge in [0, 0.05) is 25.1 Å². The fraction of sp³-hybridized carbons (Fsp3) is 0.333. The third-order valence-electron chi connectivity index (χ3n) is 4.80. The summed E-state index contributed by atoms with van der Waals surface area (Å²) in [5.41, 5.74) is 1.45. The zero-order valence-corrected chi connectivity index (χ0v) is 16.9. The molecule has 0 spiro atoms. The summed E-state index contributed by atoms with van der Waals surface area (Å²) in [6.45, 7) is 2.78. The lowest BCUT2D eigenvalue weighted by molar-refractivity contribution is -0.140. The molecule has 0 radical (unpaired) electrons. The van der Waals surface area contributed by atoms with E-state index in [1.165, 1.54) is 23.3 Å².